The van der Waals surface area contributed by atoms with Gasteiger partial charge in [-0.05, 0) is 12.5 Å². The highest BCUT2D eigenvalue weighted by Crippen LogP contribution is 2.25. The van der Waals surface area contributed by atoms with E-state index in [-0.39, 0.29) is 17.0 Å². The number of aromatic nitrogens is 2. The predicted molar refractivity (Wildman–Crippen MR) is 81.8 cm³/mol. The van der Waals surface area contributed by atoms with E-state index in [9.17, 15) is 9.90 Å². The Morgan fingerprint density at radius 3 is 2.48 bits per heavy atom. The molecule has 0 spiro atoms. The van der Waals surface area contributed by atoms with E-state index < -0.39 is 0 Å². The highest BCUT2D eigenvalue weighted by atomic mass is 16.3. The highest BCUT2D eigenvalue weighted by Gasteiger charge is 2.17. The zero-order chi connectivity index (χ0) is 14.8. The summed E-state index contributed by atoms with van der Waals surface area (Å²) in [6, 6.07) is 7.43. The van der Waals surface area contributed by atoms with Crippen LogP contribution in [0.4, 0.5) is 5.95 Å². The molecular weight excluding hydrogens is 268 g/mol. The van der Waals surface area contributed by atoms with E-state index in [2.05, 4.69) is 15.3 Å². The first-order valence-electron chi connectivity index (χ1n) is 7.01. The monoisotopic (exact) mass is 286 g/mol. The summed E-state index contributed by atoms with van der Waals surface area (Å²) in [7, 11) is 0. The highest BCUT2D eigenvalue weighted by molar-refractivity contribution is 5.68. The molecule has 1 aromatic carbocycles. The predicted octanol–water partition coefficient (Wildman–Crippen LogP) is 0.861. The van der Waals surface area contributed by atoms with Crippen LogP contribution in [0.15, 0.2) is 29.1 Å². The van der Waals surface area contributed by atoms with E-state index in [1.165, 1.54) is 0 Å². The molecule has 110 valence electrons. The molecule has 0 atom stereocenters. The first-order chi connectivity index (χ1) is 10.1. The van der Waals surface area contributed by atoms with Gasteiger partial charge in [-0.25, -0.2) is 0 Å². The van der Waals surface area contributed by atoms with Gasteiger partial charge in [0.2, 0.25) is 11.8 Å². The molecule has 1 aliphatic rings. The van der Waals surface area contributed by atoms with Crippen LogP contribution in [0.5, 0.6) is 5.88 Å². The zero-order valence-corrected chi connectivity index (χ0v) is 11.9. The molecule has 0 unspecified atom stereocenters. The van der Waals surface area contributed by atoms with Gasteiger partial charge in [0, 0.05) is 26.2 Å². The van der Waals surface area contributed by atoms with Gasteiger partial charge in [-0.2, -0.15) is 4.98 Å². The summed E-state index contributed by atoms with van der Waals surface area (Å²) in [6.07, 6.45) is 0. The topological polar surface area (TPSA) is 81.2 Å². The molecule has 0 radical (unpaired) electrons. The van der Waals surface area contributed by atoms with E-state index >= 15 is 0 Å². The summed E-state index contributed by atoms with van der Waals surface area (Å²) in [5.74, 6) is 0.200. The molecule has 3 rings (SSSR count). The van der Waals surface area contributed by atoms with Crippen LogP contribution in [0.1, 0.15) is 5.56 Å². The second-order valence-electron chi connectivity index (χ2n) is 5.19. The molecule has 1 aliphatic heterocycles. The smallest absolute Gasteiger partial charge is 0.264 e. The molecule has 0 amide bonds. The molecule has 3 N–H and O–H groups in total. The lowest BCUT2D eigenvalue weighted by molar-refractivity contribution is 0.451. The Balaban J connectivity index is 2.00. The van der Waals surface area contributed by atoms with Gasteiger partial charge < -0.3 is 15.3 Å². The van der Waals surface area contributed by atoms with E-state index in [1.54, 1.807) is 0 Å². The van der Waals surface area contributed by atoms with E-state index in [0.717, 1.165) is 31.7 Å². The van der Waals surface area contributed by atoms with Gasteiger partial charge in [-0.3, -0.25) is 9.78 Å². The van der Waals surface area contributed by atoms with Crippen LogP contribution < -0.4 is 15.8 Å². The summed E-state index contributed by atoms with van der Waals surface area (Å²) >= 11 is 0. The third kappa shape index (κ3) is 2.75. The fourth-order valence-corrected chi connectivity index (χ4v) is 2.46. The molecule has 21 heavy (non-hydrogen) atoms. The number of aromatic hydroxyl groups is 1. The number of hydrogen-bond donors (Lipinski definition) is 3. The minimum absolute atomic E-state index is 0.217. The molecule has 1 fully saturated rings. The van der Waals surface area contributed by atoms with Gasteiger partial charge in [0.1, 0.15) is 5.56 Å². The summed E-state index contributed by atoms with van der Waals surface area (Å²) < 4.78 is 0. The largest absolute Gasteiger partial charge is 0.493 e. The van der Waals surface area contributed by atoms with E-state index in [0.29, 0.717) is 11.5 Å². The van der Waals surface area contributed by atoms with Crippen molar-refractivity contribution in [2.75, 3.05) is 31.1 Å². The summed E-state index contributed by atoms with van der Waals surface area (Å²) in [4.78, 5) is 21.2. The normalized spacial score (nSPS) is 15.2. The Kier molecular flexibility index (Phi) is 3.62. The first kappa shape index (κ1) is 13.6. The fourth-order valence-electron chi connectivity index (χ4n) is 2.46. The number of nitrogens with zero attached hydrogens (tertiary/aromatic N) is 2. The quantitative estimate of drug-likeness (QED) is 0.763. The van der Waals surface area contributed by atoms with Crippen LogP contribution in [0.25, 0.3) is 11.1 Å². The van der Waals surface area contributed by atoms with Crippen molar-refractivity contribution in [2.45, 2.75) is 6.92 Å². The number of rotatable bonds is 2. The summed E-state index contributed by atoms with van der Waals surface area (Å²) in [5.41, 5.74) is 1.66. The van der Waals surface area contributed by atoms with Crippen molar-refractivity contribution in [1.82, 2.24) is 15.3 Å². The Morgan fingerprint density at radius 2 is 1.86 bits per heavy atom. The Labute approximate surface area is 122 Å². The van der Waals surface area contributed by atoms with Crippen LogP contribution in [0.2, 0.25) is 0 Å². The van der Waals surface area contributed by atoms with Gasteiger partial charge in [0.15, 0.2) is 0 Å². The number of nitrogens with one attached hydrogen (secondary N) is 2. The van der Waals surface area contributed by atoms with Gasteiger partial charge in [0.05, 0.1) is 0 Å². The number of anilines is 1. The summed E-state index contributed by atoms with van der Waals surface area (Å²) in [6.45, 7) is 5.16. The molecule has 0 saturated carbocycles. The molecule has 0 bridgehead atoms. The Morgan fingerprint density at radius 1 is 1.19 bits per heavy atom. The molecule has 2 aromatic rings. The van der Waals surface area contributed by atoms with Crippen molar-refractivity contribution in [3.63, 3.8) is 0 Å². The number of piperazine rings is 1. The average Bonchev–Trinajstić information content (AvgIpc) is 2.49. The van der Waals surface area contributed by atoms with Crippen LogP contribution >= 0.6 is 0 Å². The van der Waals surface area contributed by atoms with Crippen LogP contribution in [-0.4, -0.2) is 41.3 Å². The minimum Gasteiger partial charge on any atom is -0.493 e. The van der Waals surface area contributed by atoms with Crippen LogP contribution in [0.3, 0.4) is 0 Å². The lowest BCUT2D eigenvalue weighted by Crippen LogP contribution is -2.44. The number of H-pyrrole nitrogens is 1. The number of benzene rings is 1. The van der Waals surface area contributed by atoms with E-state index in [4.69, 9.17) is 0 Å². The fraction of sp³-hybridized carbons (Fsp3) is 0.333. The SMILES string of the molecule is Cc1ccc(-c2c(O)nc(N3CCNCC3)[nH]c2=O)cc1. The molecule has 1 aromatic heterocycles. The standard InChI is InChI=1S/C15H18N4O2/c1-10-2-4-11(5-3-10)12-13(20)17-15(18-14(12)21)19-8-6-16-7-9-19/h2-5,16H,6-9H2,1H3,(H2,17,18,20,21). The number of hydrogen-bond acceptors (Lipinski definition) is 5. The lowest BCUT2D eigenvalue weighted by Gasteiger charge is -2.27. The number of aryl methyl sites for hydroxylation is 1. The summed E-state index contributed by atoms with van der Waals surface area (Å²) in [5, 5.41) is 13.4. The third-order valence-electron chi connectivity index (χ3n) is 3.64. The molecule has 2 heterocycles. The van der Waals surface area contributed by atoms with Crippen molar-refractivity contribution < 1.29 is 5.11 Å². The van der Waals surface area contributed by atoms with Gasteiger partial charge in [-0.15, -0.1) is 0 Å². The average molecular weight is 286 g/mol. The second kappa shape index (κ2) is 5.57. The minimum atomic E-state index is -0.320. The lowest BCUT2D eigenvalue weighted by atomic mass is 10.1. The molecule has 6 heteroatoms. The zero-order valence-electron chi connectivity index (χ0n) is 11.9. The molecule has 0 aliphatic carbocycles. The maximum atomic E-state index is 12.3. The number of aromatic amines is 1. The molecule has 6 nitrogen and oxygen atoms in total. The van der Waals surface area contributed by atoms with Crippen LogP contribution in [-0.2, 0) is 0 Å². The third-order valence-corrected chi connectivity index (χ3v) is 3.64. The first-order valence-corrected chi connectivity index (χ1v) is 7.01. The van der Waals surface area contributed by atoms with Crippen LogP contribution in [0, 0.1) is 6.92 Å². The Hall–Kier alpha value is -2.34. The van der Waals surface area contributed by atoms with Crippen molar-refractivity contribution in [2.24, 2.45) is 0 Å². The van der Waals surface area contributed by atoms with Crippen molar-refractivity contribution in [3.05, 3.63) is 40.2 Å². The van der Waals surface area contributed by atoms with Crippen molar-refractivity contribution in [1.29, 1.82) is 0 Å². The Bertz CT molecular complexity index is 688. The van der Waals surface area contributed by atoms with Crippen molar-refractivity contribution in [3.8, 4) is 17.0 Å². The molecular formula is C15H18N4O2. The van der Waals surface area contributed by atoms with Gasteiger partial charge >= 0.3 is 0 Å². The maximum Gasteiger partial charge on any atom is 0.264 e. The maximum absolute atomic E-state index is 12.3. The van der Waals surface area contributed by atoms with Gasteiger partial charge in [0.25, 0.3) is 5.56 Å². The van der Waals surface area contributed by atoms with Gasteiger partial charge in [-0.1, -0.05) is 29.8 Å². The molecule has 1 saturated heterocycles. The van der Waals surface area contributed by atoms with Crippen molar-refractivity contribution >= 4 is 5.95 Å². The second-order valence-corrected chi connectivity index (χ2v) is 5.19. The van der Waals surface area contributed by atoms with E-state index in [1.807, 2.05) is 36.1 Å².